The van der Waals surface area contributed by atoms with Crippen LogP contribution in [0.2, 0.25) is 0 Å². The minimum Gasteiger partial charge on any atom is -0.485 e. The molecule has 0 aliphatic rings. The van der Waals surface area contributed by atoms with Gasteiger partial charge in [0.1, 0.15) is 5.75 Å². The average molecular weight is 285 g/mol. The van der Waals surface area contributed by atoms with Gasteiger partial charge in [0.25, 0.3) is 0 Å². The molecular weight excluding hydrogens is 276 g/mol. The van der Waals surface area contributed by atoms with Crippen molar-refractivity contribution in [2.24, 2.45) is 0 Å². The molecule has 0 aliphatic carbocycles. The Bertz CT molecular complexity index is 459. The van der Waals surface area contributed by atoms with Gasteiger partial charge in [0.05, 0.1) is 6.61 Å². The van der Waals surface area contributed by atoms with E-state index in [2.05, 4.69) is 30.6 Å². The molecule has 0 radical (unpaired) electrons. The number of aliphatic hydroxyl groups is 1. The van der Waals surface area contributed by atoms with E-state index in [1.807, 2.05) is 6.07 Å². The highest BCUT2D eigenvalue weighted by Crippen LogP contribution is 2.22. The number of aliphatic hydroxyl groups excluding tert-OH is 1. The fourth-order valence-electron chi connectivity index (χ4n) is 1.17. The first-order valence-corrected chi connectivity index (χ1v) is 5.36. The molecule has 1 heterocycles. The summed E-state index contributed by atoms with van der Waals surface area (Å²) in [7, 11) is 0. The van der Waals surface area contributed by atoms with Crippen LogP contribution >= 0.6 is 15.9 Å². The predicted molar refractivity (Wildman–Crippen MR) is 58.7 cm³/mol. The molecule has 0 saturated heterocycles. The Morgan fingerprint density at radius 2 is 2.31 bits per heavy atom. The zero-order valence-electron chi connectivity index (χ0n) is 8.26. The standard InChI is InChI=1S/C10H9BrN2O3/c11-9-2-1-8(3-7(9)4-14)15-5-10-12-6-16-13-10/h1-3,6,14H,4-5H2. The van der Waals surface area contributed by atoms with Gasteiger partial charge in [-0.05, 0) is 23.8 Å². The SMILES string of the molecule is OCc1cc(OCc2ncon2)ccc1Br. The Balaban J connectivity index is 2.04. The summed E-state index contributed by atoms with van der Waals surface area (Å²) >= 11 is 3.33. The van der Waals surface area contributed by atoms with Crippen LogP contribution < -0.4 is 4.74 Å². The van der Waals surface area contributed by atoms with E-state index in [1.54, 1.807) is 12.1 Å². The zero-order chi connectivity index (χ0) is 11.4. The molecule has 1 aromatic heterocycles. The molecule has 0 fully saturated rings. The molecule has 0 unspecified atom stereocenters. The van der Waals surface area contributed by atoms with E-state index in [-0.39, 0.29) is 13.2 Å². The average Bonchev–Trinajstić information content (AvgIpc) is 2.81. The van der Waals surface area contributed by atoms with Crippen LogP contribution in [-0.2, 0) is 13.2 Å². The molecule has 0 saturated carbocycles. The van der Waals surface area contributed by atoms with Crippen molar-refractivity contribution in [2.45, 2.75) is 13.2 Å². The first-order chi connectivity index (χ1) is 7.79. The van der Waals surface area contributed by atoms with Gasteiger partial charge < -0.3 is 14.4 Å². The Kier molecular flexibility index (Phi) is 3.53. The van der Waals surface area contributed by atoms with E-state index in [9.17, 15) is 0 Å². The van der Waals surface area contributed by atoms with Crippen molar-refractivity contribution >= 4 is 15.9 Å². The molecule has 16 heavy (non-hydrogen) atoms. The maximum absolute atomic E-state index is 9.07. The van der Waals surface area contributed by atoms with Crippen molar-refractivity contribution in [3.05, 3.63) is 40.5 Å². The highest BCUT2D eigenvalue weighted by atomic mass is 79.9. The van der Waals surface area contributed by atoms with Crippen molar-refractivity contribution in [3.63, 3.8) is 0 Å². The molecule has 6 heteroatoms. The Morgan fingerprint density at radius 1 is 1.44 bits per heavy atom. The molecule has 84 valence electrons. The Hall–Kier alpha value is -1.40. The first kappa shape index (κ1) is 11.1. The number of hydrogen-bond donors (Lipinski definition) is 1. The molecule has 0 bridgehead atoms. The van der Waals surface area contributed by atoms with E-state index in [0.717, 1.165) is 10.0 Å². The third-order valence-electron chi connectivity index (χ3n) is 1.96. The quantitative estimate of drug-likeness (QED) is 0.929. The number of halogens is 1. The van der Waals surface area contributed by atoms with Crippen molar-refractivity contribution < 1.29 is 14.4 Å². The largest absolute Gasteiger partial charge is 0.485 e. The summed E-state index contributed by atoms with van der Waals surface area (Å²) in [5.41, 5.74) is 0.769. The van der Waals surface area contributed by atoms with Gasteiger partial charge in [-0.2, -0.15) is 4.98 Å². The summed E-state index contributed by atoms with van der Waals surface area (Å²) in [6.07, 6.45) is 1.25. The van der Waals surface area contributed by atoms with Gasteiger partial charge in [0, 0.05) is 4.47 Å². The highest BCUT2D eigenvalue weighted by molar-refractivity contribution is 9.10. The van der Waals surface area contributed by atoms with Crippen LogP contribution in [0.1, 0.15) is 11.4 Å². The molecular formula is C10H9BrN2O3. The Morgan fingerprint density at radius 3 is 3.00 bits per heavy atom. The monoisotopic (exact) mass is 284 g/mol. The molecule has 0 atom stereocenters. The number of hydrogen-bond acceptors (Lipinski definition) is 5. The van der Waals surface area contributed by atoms with Gasteiger partial charge >= 0.3 is 0 Å². The second kappa shape index (κ2) is 5.09. The molecule has 0 spiro atoms. The van der Waals surface area contributed by atoms with Crippen LogP contribution in [-0.4, -0.2) is 15.2 Å². The molecule has 2 rings (SSSR count). The summed E-state index contributed by atoms with van der Waals surface area (Å²) in [6.45, 7) is 0.197. The summed E-state index contributed by atoms with van der Waals surface area (Å²) in [5.74, 6) is 1.13. The molecule has 1 N–H and O–H groups in total. The highest BCUT2D eigenvalue weighted by Gasteiger charge is 2.03. The van der Waals surface area contributed by atoms with Crippen LogP contribution in [0.5, 0.6) is 5.75 Å². The van der Waals surface area contributed by atoms with Gasteiger partial charge in [-0.3, -0.25) is 0 Å². The van der Waals surface area contributed by atoms with E-state index in [4.69, 9.17) is 9.84 Å². The lowest BCUT2D eigenvalue weighted by molar-refractivity contribution is 0.273. The summed E-state index contributed by atoms with van der Waals surface area (Å²) < 4.78 is 10.9. The lowest BCUT2D eigenvalue weighted by Crippen LogP contribution is -1.98. The maximum Gasteiger partial charge on any atom is 0.213 e. The van der Waals surface area contributed by atoms with Gasteiger partial charge in [0.2, 0.25) is 12.2 Å². The summed E-state index contributed by atoms with van der Waals surface area (Å²) in [5, 5.41) is 12.7. The molecule has 0 aliphatic heterocycles. The van der Waals surface area contributed by atoms with E-state index >= 15 is 0 Å². The third-order valence-corrected chi connectivity index (χ3v) is 2.74. The van der Waals surface area contributed by atoms with Crippen LogP contribution in [0.25, 0.3) is 0 Å². The number of benzene rings is 1. The van der Waals surface area contributed by atoms with E-state index in [0.29, 0.717) is 11.6 Å². The van der Waals surface area contributed by atoms with Crippen molar-refractivity contribution in [1.82, 2.24) is 10.1 Å². The summed E-state index contributed by atoms with van der Waals surface area (Å²) in [4.78, 5) is 3.83. The smallest absolute Gasteiger partial charge is 0.213 e. The van der Waals surface area contributed by atoms with Crippen LogP contribution in [0.15, 0.2) is 33.6 Å². The lowest BCUT2D eigenvalue weighted by Gasteiger charge is -2.06. The Labute approximate surface area is 100 Å². The molecule has 5 nitrogen and oxygen atoms in total. The molecule has 1 aromatic carbocycles. The third kappa shape index (κ3) is 2.59. The topological polar surface area (TPSA) is 68.4 Å². The minimum absolute atomic E-state index is 0.0417. The number of aromatic nitrogens is 2. The predicted octanol–water partition coefficient (Wildman–Crippen LogP) is 1.90. The lowest BCUT2D eigenvalue weighted by atomic mass is 10.2. The normalized spacial score (nSPS) is 10.4. The fraction of sp³-hybridized carbons (Fsp3) is 0.200. The van der Waals surface area contributed by atoms with Crippen LogP contribution in [0.4, 0.5) is 0 Å². The van der Waals surface area contributed by atoms with Crippen LogP contribution in [0.3, 0.4) is 0 Å². The fourth-order valence-corrected chi connectivity index (χ4v) is 1.54. The van der Waals surface area contributed by atoms with Crippen molar-refractivity contribution in [2.75, 3.05) is 0 Å². The van der Waals surface area contributed by atoms with Gasteiger partial charge in [0.15, 0.2) is 6.61 Å². The minimum atomic E-state index is -0.0417. The van der Waals surface area contributed by atoms with E-state index < -0.39 is 0 Å². The molecule has 2 aromatic rings. The van der Waals surface area contributed by atoms with Crippen molar-refractivity contribution in [1.29, 1.82) is 0 Å². The second-order valence-electron chi connectivity index (χ2n) is 3.05. The number of ether oxygens (including phenoxy) is 1. The van der Waals surface area contributed by atoms with Crippen LogP contribution in [0, 0.1) is 0 Å². The first-order valence-electron chi connectivity index (χ1n) is 4.57. The maximum atomic E-state index is 9.07. The van der Waals surface area contributed by atoms with Crippen molar-refractivity contribution in [3.8, 4) is 5.75 Å². The zero-order valence-corrected chi connectivity index (χ0v) is 9.85. The van der Waals surface area contributed by atoms with Gasteiger partial charge in [-0.1, -0.05) is 21.1 Å². The number of rotatable bonds is 4. The number of nitrogens with zero attached hydrogens (tertiary/aromatic N) is 2. The van der Waals surface area contributed by atoms with E-state index in [1.165, 1.54) is 6.39 Å². The van der Waals surface area contributed by atoms with Gasteiger partial charge in [-0.25, -0.2) is 0 Å². The second-order valence-corrected chi connectivity index (χ2v) is 3.90. The summed E-state index contributed by atoms with van der Waals surface area (Å²) in [6, 6.07) is 5.37. The van der Waals surface area contributed by atoms with Gasteiger partial charge in [-0.15, -0.1) is 0 Å². The molecule has 0 amide bonds.